The Bertz CT molecular complexity index is 940. The second-order valence-corrected chi connectivity index (χ2v) is 4.84. The van der Waals surface area contributed by atoms with Gasteiger partial charge in [-0.1, -0.05) is 48.5 Å². The van der Waals surface area contributed by atoms with Crippen molar-refractivity contribution in [2.24, 2.45) is 5.73 Å². The van der Waals surface area contributed by atoms with E-state index in [2.05, 4.69) is 24.3 Å². The second kappa shape index (κ2) is 3.45. The number of benzene rings is 4. The summed E-state index contributed by atoms with van der Waals surface area (Å²) in [6, 6.07) is 18.2. The maximum Gasteiger partial charge on any atom is 0.249 e. The molecule has 0 aromatic heterocycles. The van der Waals surface area contributed by atoms with Crippen LogP contribution < -0.4 is 5.73 Å². The van der Waals surface area contributed by atoms with E-state index in [1.165, 1.54) is 10.8 Å². The maximum absolute atomic E-state index is 11.7. The van der Waals surface area contributed by atoms with E-state index in [1.807, 2.05) is 30.3 Å². The van der Waals surface area contributed by atoms with Crippen LogP contribution in [0.3, 0.4) is 0 Å². The Kier molecular flexibility index (Phi) is 1.88. The van der Waals surface area contributed by atoms with Crippen LogP contribution in [0.25, 0.3) is 32.3 Å². The van der Waals surface area contributed by atoms with E-state index in [1.54, 1.807) is 0 Å². The van der Waals surface area contributed by atoms with Gasteiger partial charge >= 0.3 is 0 Å². The van der Waals surface area contributed by atoms with Crippen LogP contribution in [0.2, 0.25) is 0 Å². The SMILES string of the molecule is NC(=O)c1cc2cccc3ccc4cccc1c4c32. The van der Waals surface area contributed by atoms with E-state index in [0.29, 0.717) is 5.56 Å². The minimum Gasteiger partial charge on any atom is -0.366 e. The minimum atomic E-state index is -0.376. The second-order valence-electron chi connectivity index (χ2n) is 4.84. The van der Waals surface area contributed by atoms with Crippen molar-refractivity contribution in [3.8, 4) is 0 Å². The average Bonchev–Trinajstić information content (AvgIpc) is 2.44. The molecule has 2 nitrogen and oxygen atoms in total. The van der Waals surface area contributed by atoms with Gasteiger partial charge < -0.3 is 5.73 Å². The van der Waals surface area contributed by atoms with Crippen molar-refractivity contribution >= 4 is 38.2 Å². The molecule has 0 bridgehead atoms. The standard InChI is InChI=1S/C17H11NO/c18-17(19)14-9-12-5-1-3-10-7-8-11-4-2-6-13(14)16(11)15(10)12/h1-9H,(H2,18,19). The predicted molar refractivity (Wildman–Crippen MR) is 78.7 cm³/mol. The summed E-state index contributed by atoms with van der Waals surface area (Å²) in [6.07, 6.45) is 0. The molecule has 4 aromatic carbocycles. The lowest BCUT2D eigenvalue weighted by Crippen LogP contribution is -2.11. The zero-order chi connectivity index (χ0) is 13.0. The molecule has 0 radical (unpaired) electrons. The lowest BCUT2D eigenvalue weighted by molar-refractivity contribution is 0.100. The molecule has 90 valence electrons. The fraction of sp³-hybridized carbons (Fsp3) is 0. The molecule has 4 rings (SSSR count). The van der Waals surface area contributed by atoms with Crippen LogP contribution in [-0.2, 0) is 0 Å². The van der Waals surface area contributed by atoms with Crippen LogP contribution in [-0.4, -0.2) is 5.91 Å². The third-order valence-electron chi connectivity index (χ3n) is 3.77. The predicted octanol–water partition coefficient (Wildman–Crippen LogP) is 3.68. The summed E-state index contributed by atoms with van der Waals surface area (Å²) in [6.45, 7) is 0. The molecule has 0 heterocycles. The number of carbonyl (C=O) groups is 1. The monoisotopic (exact) mass is 245 g/mol. The van der Waals surface area contributed by atoms with Crippen molar-refractivity contribution in [3.05, 3.63) is 60.2 Å². The fourth-order valence-electron chi connectivity index (χ4n) is 2.97. The molecule has 0 unspecified atom stereocenters. The maximum atomic E-state index is 11.7. The quantitative estimate of drug-likeness (QED) is 0.511. The van der Waals surface area contributed by atoms with E-state index in [-0.39, 0.29) is 5.91 Å². The van der Waals surface area contributed by atoms with E-state index in [4.69, 9.17) is 5.73 Å². The summed E-state index contributed by atoms with van der Waals surface area (Å²) in [5, 5.41) is 6.68. The molecular weight excluding hydrogens is 234 g/mol. The summed E-state index contributed by atoms with van der Waals surface area (Å²) in [5.41, 5.74) is 6.11. The van der Waals surface area contributed by atoms with Crippen LogP contribution in [0, 0.1) is 0 Å². The number of amides is 1. The van der Waals surface area contributed by atoms with E-state index >= 15 is 0 Å². The Morgan fingerprint density at radius 3 is 2.16 bits per heavy atom. The van der Waals surface area contributed by atoms with Gasteiger partial charge in [0.25, 0.3) is 0 Å². The summed E-state index contributed by atoms with van der Waals surface area (Å²) >= 11 is 0. The average molecular weight is 245 g/mol. The highest BCUT2D eigenvalue weighted by atomic mass is 16.1. The first kappa shape index (κ1) is 10.3. The van der Waals surface area contributed by atoms with Crippen LogP contribution in [0.15, 0.2) is 54.6 Å². The first-order valence-corrected chi connectivity index (χ1v) is 6.22. The smallest absolute Gasteiger partial charge is 0.249 e. The first-order chi connectivity index (χ1) is 9.25. The molecule has 2 heteroatoms. The van der Waals surface area contributed by atoms with Crippen LogP contribution in [0.4, 0.5) is 0 Å². The lowest BCUT2D eigenvalue weighted by atomic mass is 9.91. The lowest BCUT2D eigenvalue weighted by Gasteiger charge is -2.12. The van der Waals surface area contributed by atoms with Gasteiger partial charge in [-0.15, -0.1) is 0 Å². The van der Waals surface area contributed by atoms with Crippen LogP contribution in [0.1, 0.15) is 10.4 Å². The Hall–Kier alpha value is -2.61. The molecule has 0 saturated carbocycles. The number of nitrogens with two attached hydrogens (primary N) is 1. The zero-order valence-corrected chi connectivity index (χ0v) is 10.2. The van der Waals surface area contributed by atoms with E-state index < -0.39 is 0 Å². The zero-order valence-electron chi connectivity index (χ0n) is 10.2. The largest absolute Gasteiger partial charge is 0.366 e. The number of hydrogen-bond donors (Lipinski definition) is 1. The molecule has 0 atom stereocenters. The number of carbonyl (C=O) groups excluding carboxylic acids is 1. The third-order valence-corrected chi connectivity index (χ3v) is 3.77. The summed E-state index contributed by atoms with van der Waals surface area (Å²) < 4.78 is 0. The van der Waals surface area contributed by atoms with E-state index in [0.717, 1.165) is 21.5 Å². The Labute approximate surface area is 109 Å². The molecule has 0 aliphatic heterocycles. The molecule has 0 spiro atoms. The molecule has 2 N–H and O–H groups in total. The molecular formula is C17H11NO. The molecule has 4 aromatic rings. The van der Waals surface area contributed by atoms with Gasteiger partial charge in [0.15, 0.2) is 0 Å². The van der Waals surface area contributed by atoms with Crippen LogP contribution >= 0.6 is 0 Å². The molecule has 0 saturated heterocycles. The minimum absolute atomic E-state index is 0.376. The third kappa shape index (κ3) is 1.28. The van der Waals surface area contributed by atoms with Gasteiger partial charge in [0.1, 0.15) is 0 Å². The van der Waals surface area contributed by atoms with Crippen molar-refractivity contribution in [2.45, 2.75) is 0 Å². The van der Waals surface area contributed by atoms with Gasteiger partial charge in [0.05, 0.1) is 0 Å². The van der Waals surface area contributed by atoms with Gasteiger partial charge in [0, 0.05) is 5.56 Å². The van der Waals surface area contributed by atoms with Gasteiger partial charge in [-0.25, -0.2) is 0 Å². The van der Waals surface area contributed by atoms with Crippen molar-refractivity contribution in [2.75, 3.05) is 0 Å². The first-order valence-electron chi connectivity index (χ1n) is 6.22. The Morgan fingerprint density at radius 1 is 0.789 bits per heavy atom. The number of rotatable bonds is 1. The van der Waals surface area contributed by atoms with Gasteiger partial charge in [0.2, 0.25) is 5.91 Å². The van der Waals surface area contributed by atoms with Crippen molar-refractivity contribution in [1.82, 2.24) is 0 Å². The van der Waals surface area contributed by atoms with Crippen molar-refractivity contribution in [3.63, 3.8) is 0 Å². The topological polar surface area (TPSA) is 43.1 Å². The van der Waals surface area contributed by atoms with Crippen molar-refractivity contribution < 1.29 is 4.79 Å². The molecule has 1 amide bonds. The molecule has 0 fully saturated rings. The number of primary amides is 1. The van der Waals surface area contributed by atoms with Gasteiger partial charge in [-0.05, 0) is 38.4 Å². The summed E-state index contributed by atoms with van der Waals surface area (Å²) in [5.74, 6) is -0.376. The van der Waals surface area contributed by atoms with Crippen molar-refractivity contribution in [1.29, 1.82) is 0 Å². The normalized spacial score (nSPS) is 11.6. The molecule has 0 aliphatic carbocycles. The molecule has 19 heavy (non-hydrogen) atoms. The van der Waals surface area contributed by atoms with Gasteiger partial charge in [-0.2, -0.15) is 0 Å². The Balaban J connectivity index is 2.42. The Morgan fingerprint density at radius 2 is 1.42 bits per heavy atom. The highest BCUT2D eigenvalue weighted by molar-refractivity contribution is 6.27. The summed E-state index contributed by atoms with van der Waals surface area (Å²) in [4.78, 5) is 11.7. The number of hydrogen-bond acceptors (Lipinski definition) is 1. The fourth-order valence-corrected chi connectivity index (χ4v) is 2.97. The summed E-state index contributed by atoms with van der Waals surface area (Å²) in [7, 11) is 0. The van der Waals surface area contributed by atoms with E-state index in [9.17, 15) is 4.79 Å². The van der Waals surface area contributed by atoms with Crippen LogP contribution in [0.5, 0.6) is 0 Å². The highest BCUT2D eigenvalue weighted by Crippen LogP contribution is 2.36. The van der Waals surface area contributed by atoms with Gasteiger partial charge in [-0.3, -0.25) is 4.79 Å². The molecule has 0 aliphatic rings. The highest BCUT2D eigenvalue weighted by Gasteiger charge is 2.13.